The summed E-state index contributed by atoms with van der Waals surface area (Å²) in [4.78, 5) is 9.12. The SMILES string of the molecule is O=S(=O)(Nc1nc2ccccc2nc1NCCc1ccccc1)c1cccc(Cl)c1. The van der Waals surface area contributed by atoms with E-state index in [1.807, 2.05) is 48.5 Å². The Hall–Kier alpha value is -3.16. The third kappa shape index (κ3) is 4.69. The van der Waals surface area contributed by atoms with Crippen LogP contribution >= 0.6 is 11.6 Å². The van der Waals surface area contributed by atoms with Crippen LogP contribution in [0, 0.1) is 0 Å². The lowest BCUT2D eigenvalue weighted by Gasteiger charge is -2.14. The van der Waals surface area contributed by atoms with Gasteiger partial charge in [-0.15, -0.1) is 0 Å². The van der Waals surface area contributed by atoms with Crippen LogP contribution in [0.15, 0.2) is 83.8 Å². The van der Waals surface area contributed by atoms with Gasteiger partial charge in [0, 0.05) is 11.6 Å². The standard InChI is InChI=1S/C22H19ClN4O2S/c23-17-9-6-10-18(15-17)30(28,29)27-22-21(24-14-13-16-7-2-1-3-8-16)25-19-11-4-5-12-20(19)26-22/h1-12,15H,13-14H2,(H,24,25)(H,26,27). The molecule has 0 atom stereocenters. The van der Waals surface area contributed by atoms with Gasteiger partial charge < -0.3 is 5.32 Å². The second kappa shape index (κ2) is 8.69. The van der Waals surface area contributed by atoms with E-state index in [0.717, 1.165) is 6.42 Å². The Kier molecular flexibility index (Phi) is 5.83. The predicted octanol–water partition coefficient (Wildman–Crippen LogP) is 4.74. The molecule has 3 aromatic carbocycles. The van der Waals surface area contributed by atoms with Crippen LogP contribution in [0.1, 0.15) is 5.56 Å². The van der Waals surface area contributed by atoms with Crippen molar-refractivity contribution < 1.29 is 8.42 Å². The quantitative estimate of drug-likeness (QED) is 0.435. The van der Waals surface area contributed by atoms with Crippen molar-refractivity contribution in [1.29, 1.82) is 0 Å². The van der Waals surface area contributed by atoms with E-state index in [1.54, 1.807) is 18.2 Å². The number of aromatic nitrogens is 2. The van der Waals surface area contributed by atoms with Gasteiger partial charge in [0.15, 0.2) is 11.6 Å². The number of nitrogens with zero attached hydrogens (tertiary/aromatic N) is 2. The summed E-state index contributed by atoms with van der Waals surface area (Å²) in [6.45, 7) is 0.572. The molecule has 0 bridgehead atoms. The Labute approximate surface area is 180 Å². The first-order valence-electron chi connectivity index (χ1n) is 9.34. The number of nitrogens with one attached hydrogen (secondary N) is 2. The highest BCUT2D eigenvalue weighted by Crippen LogP contribution is 2.25. The fourth-order valence-electron chi connectivity index (χ4n) is 2.98. The number of hydrogen-bond acceptors (Lipinski definition) is 5. The number of halogens is 1. The van der Waals surface area contributed by atoms with Crippen molar-refractivity contribution in [3.8, 4) is 0 Å². The predicted molar refractivity (Wildman–Crippen MR) is 120 cm³/mol. The minimum absolute atomic E-state index is 0.0557. The summed E-state index contributed by atoms with van der Waals surface area (Å²) in [6.07, 6.45) is 0.760. The number of sulfonamides is 1. The Balaban J connectivity index is 1.64. The summed E-state index contributed by atoms with van der Waals surface area (Å²) in [5.74, 6) is 0.511. The molecule has 0 amide bonds. The van der Waals surface area contributed by atoms with Gasteiger partial charge >= 0.3 is 0 Å². The molecular formula is C22H19ClN4O2S. The lowest BCUT2D eigenvalue weighted by Crippen LogP contribution is -2.17. The van der Waals surface area contributed by atoms with Gasteiger partial charge in [-0.25, -0.2) is 18.4 Å². The second-order valence-electron chi connectivity index (χ2n) is 6.63. The van der Waals surface area contributed by atoms with Gasteiger partial charge in [0.1, 0.15) is 0 Å². The van der Waals surface area contributed by atoms with Crippen LogP contribution in [0.4, 0.5) is 11.6 Å². The first kappa shape index (κ1) is 20.1. The molecule has 8 heteroatoms. The highest BCUT2D eigenvalue weighted by molar-refractivity contribution is 7.92. The molecule has 152 valence electrons. The lowest BCUT2D eigenvalue weighted by atomic mass is 10.1. The number of anilines is 2. The zero-order chi connectivity index (χ0) is 21.0. The number of benzene rings is 3. The van der Waals surface area contributed by atoms with Gasteiger partial charge in [0.05, 0.1) is 15.9 Å². The minimum atomic E-state index is -3.88. The first-order chi connectivity index (χ1) is 14.5. The summed E-state index contributed by atoms with van der Waals surface area (Å²) in [5.41, 5.74) is 2.43. The van der Waals surface area contributed by atoms with E-state index in [2.05, 4.69) is 20.0 Å². The van der Waals surface area contributed by atoms with Gasteiger partial charge in [0.25, 0.3) is 10.0 Å². The van der Waals surface area contributed by atoms with Crippen LogP contribution in [0.25, 0.3) is 11.0 Å². The average Bonchev–Trinajstić information content (AvgIpc) is 2.74. The van der Waals surface area contributed by atoms with Crippen LogP contribution in [0.5, 0.6) is 0 Å². The fourth-order valence-corrected chi connectivity index (χ4v) is 4.29. The highest BCUT2D eigenvalue weighted by Gasteiger charge is 2.19. The van der Waals surface area contributed by atoms with E-state index >= 15 is 0 Å². The third-order valence-corrected chi connectivity index (χ3v) is 6.03. The normalized spacial score (nSPS) is 11.4. The zero-order valence-corrected chi connectivity index (χ0v) is 17.5. The Morgan fingerprint density at radius 3 is 2.17 bits per heavy atom. The van der Waals surface area contributed by atoms with Crippen LogP contribution in [-0.2, 0) is 16.4 Å². The molecule has 0 spiro atoms. The van der Waals surface area contributed by atoms with Gasteiger partial charge in [-0.1, -0.05) is 60.1 Å². The molecule has 0 aliphatic heterocycles. The highest BCUT2D eigenvalue weighted by atomic mass is 35.5. The molecule has 1 aromatic heterocycles. The molecule has 0 radical (unpaired) electrons. The van der Waals surface area contributed by atoms with E-state index < -0.39 is 10.0 Å². The summed E-state index contributed by atoms with van der Waals surface area (Å²) >= 11 is 5.96. The minimum Gasteiger partial charge on any atom is -0.367 e. The monoisotopic (exact) mass is 438 g/mol. The molecular weight excluding hydrogens is 420 g/mol. The first-order valence-corrected chi connectivity index (χ1v) is 11.2. The Morgan fingerprint density at radius 1 is 0.800 bits per heavy atom. The summed E-state index contributed by atoms with van der Waals surface area (Å²) < 4.78 is 28.3. The van der Waals surface area contributed by atoms with Crippen molar-refractivity contribution in [2.24, 2.45) is 0 Å². The topological polar surface area (TPSA) is 84.0 Å². The summed E-state index contributed by atoms with van der Waals surface area (Å²) in [6, 6.07) is 23.4. The van der Waals surface area contributed by atoms with E-state index in [0.29, 0.717) is 28.4 Å². The van der Waals surface area contributed by atoms with E-state index in [4.69, 9.17) is 11.6 Å². The van der Waals surface area contributed by atoms with Crippen molar-refractivity contribution in [3.63, 3.8) is 0 Å². The molecule has 0 saturated carbocycles. The average molecular weight is 439 g/mol. The molecule has 0 aliphatic rings. The smallest absolute Gasteiger partial charge is 0.263 e. The van der Waals surface area contributed by atoms with Crippen molar-refractivity contribution in [2.45, 2.75) is 11.3 Å². The number of fused-ring (bicyclic) bond motifs is 1. The third-order valence-electron chi connectivity index (χ3n) is 4.46. The van der Waals surface area contributed by atoms with E-state index in [1.165, 1.54) is 17.7 Å². The lowest BCUT2D eigenvalue weighted by molar-refractivity contribution is 0.601. The Bertz CT molecular complexity index is 1280. The van der Waals surface area contributed by atoms with E-state index in [-0.39, 0.29) is 10.7 Å². The molecule has 4 aromatic rings. The second-order valence-corrected chi connectivity index (χ2v) is 8.75. The molecule has 0 saturated heterocycles. The summed E-state index contributed by atoms with van der Waals surface area (Å²) in [7, 11) is -3.88. The van der Waals surface area contributed by atoms with Crippen LogP contribution in [0.3, 0.4) is 0 Å². The number of para-hydroxylation sites is 2. The largest absolute Gasteiger partial charge is 0.367 e. The Morgan fingerprint density at radius 2 is 1.47 bits per heavy atom. The van der Waals surface area contributed by atoms with Gasteiger partial charge in [-0.2, -0.15) is 0 Å². The van der Waals surface area contributed by atoms with Crippen molar-refractivity contribution in [1.82, 2.24) is 9.97 Å². The van der Waals surface area contributed by atoms with Crippen LogP contribution in [-0.4, -0.2) is 24.9 Å². The summed E-state index contributed by atoms with van der Waals surface area (Å²) in [5, 5.41) is 3.55. The molecule has 30 heavy (non-hydrogen) atoms. The van der Waals surface area contributed by atoms with Gasteiger partial charge in [0.2, 0.25) is 0 Å². The molecule has 0 aliphatic carbocycles. The van der Waals surface area contributed by atoms with Crippen LogP contribution < -0.4 is 10.0 Å². The zero-order valence-electron chi connectivity index (χ0n) is 15.9. The van der Waals surface area contributed by atoms with Crippen molar-refractivity contribution in [3.05, 3.63) is 89.4 Å². The number of rotatable bonds is 7. The van der Waals surface area contributed by atoms with Gasteiger partial charge in [-0.3, -0.25) is 4.72 Å². The number of hydrogen-bond donors (Lipinski definition) is 2. The molecule has 4 rings (SSSR count). The maximum Gasteiger partial charge on any atom is 0.263 e. The molecule has 0 unspecified atom stereocenters. The van der Waals surface area contributed by atoms with Crippen molar-refractivity contribution in [2.75, 3.05) is 16.6 Å². The fraction of sp³-hybridized carbons (Fsp3) is 0.0909. The molecule has 1 heterocycles. The van der Waals surface area contributed by atoms with Gasteiger partial charge in [-0.05, 0) is 42.3 Å². The molecule has 6 nitrogen and oxygen atoms in total. The van der Waals surface area contributed by atoms with Crippen molar-refractivity contribution >= 4 is 44.3 Å². The van der Waals surface area contributed by atoms with Crippen LogP contribution in [0.2, 0.25) is 5.02 Å². The molecule has 2 N–H and O–H groups in total. The maximum absolute atomic E-state index is 12.9. The molecule has 0 fully saturated rings. The maximum atomic E-state index is 12.9. The van der Waals surface area contributed by atoms with E-state index in [9.17, 15) is 8.42 Å².